The fraction of sp³-hybridized carbons (Fsp3) is 0.0968. The molecule has 0 fully saturated rings. The van der Waals surface area contributed by atoms with E-state index in [9.17, 15) is 18.0 Å². The number of hydrogen-bond acceptors (Lipinski definition) is 3. The normalized spacial score (nSPS) is 11.4. The second kappa shape index (κ2) is 10.6. The van der Waals surface area contributed by atoms with Crippen molar-refractivity contribution in [1.29, 1.82) is 0 Å². The van der Waals surface area contributed by atoms with Crippen LogP contribution in [-0.2, 0) is 6.18 Å². The molecule has 0 saturated heterocycles. The lowest BCUT2D eigenvalue weighted by atomic mass is 9.99. The Morgan fingerprint density at radius 3 is 1.74 bits per heavy atom. The minimum Gasteiger partial charge on any atom is -0.284 e. The van der Waals surface area contributed by atoms with E-state index in [1.807, 2.05) is 47.8 Å². The van der Waals surface area contributed by atoms with Crippen LogP contribution in [0.3, 0.4) is 0 Å². The summed E-state index contributed by atoms with van der Waals surface area (Å²) in [5, 5.41) is 2.37. The van der Waals surface area contributed by atoms with E-state index in [2.05, 4.69) is 41.4 Å². The van der Waals surface area contributed by atoms with Gasteiger partial charge in [0, 0.05) is 23.1 Å². The third-order valence-electron chi connectivity index (χ3n) is 6.25. The summed E-state index contributed by atoms with van der Waals surface area (Å²) in [4.78, 5) is 19.1. The summed E-state index contributed by atoms with van der Waals surface area (Å²) in [6, 6.07) is 31.0. The smallest absolute Gasteiger partial charge is 0.284 e. The summed E-state index contributed by atoms with van der Waals surface area (Å²) in [7, 11) is 0. The summed E-state index contributed by atoms with van der Waals surface area (Å²) >= 11 is 1.32. The van der Waals surface area contributed by atoms with Crippen molar-refractivity contribution in [3.63, 3.8) is 0 Å². The van der Waals surface area contributed by atoms with E-state index in [0.29, 0.717) is 11.7 Å². The quantitative estimate of drug-likeness (QED) is 0.221. The first-order valence-electron chi connectivity index (χ1n) is 12.0. The van der Waals surface area contributed by atoms with E-state index in [4.69, 9.17) is 0 Å². The molecule has 0 radical (unpaired) electrons. The van der Waals surface area contributed by atoms with Gasteiger partial charge >= 0.3 is 6.18 Å². The summed E-state index contributed by atoms with van der Waals surface area (Å²) in [6.45, 7) is 2.14. The zero-order valence-electron chi connectivity index (χ0n) is 20.4. The van der Waals surface area contributed by atoms with Crippen LogP contribution in [0.1, 0.15) is 22.8 Å². The molecule has 0 aliphatic heterocycles. The van der Waals surface area contributed by atoms with Crippen molar-refractivity contribution in [3.8, 4) is 33.5 Å². The van der Waals surface area contributed by atoms with Crippen LogP contribution in [0.2, 0.25) is 0 Å². The van der Waals surface area contributed by atoms with Gasteiger partial charge < -0.3 is 0 Å². The Balaban J connectivity index is 1.31. The number of carbonyl (C=O) groups excluding carboxylic acids is 1. The minimum absolute atomic E-state index is 0.180. The number of thiazole rings is 1. The van der Waals surface area contributed by atoms with Gasteiger partial charge in [0.05, 0.1) is 11.3 Å². The Hall–Kier alpha value is -4.23. The largest absolute Gasteiger partial charge is 0.416 e. The Kier molecular flexibility index (Phi) is 7.11. The second-order valence-electron chi connectivity index (χ2n) is 8.66. The van der Waals surface area contributed by atoms with Crippen LogP contribution in [0.4, 0.5) is 18.3 Å². The number of carbonyl (C=O) groups is 1. The number of halogens is 3. The Morgan fingerprint density at radius 1 is 0.737 bits per heavy atom. The first kappa shape index (κ1) is 25.4. The molecular formula is C31H23F3N2OS. The first-order valence-corrected chi connectivity index (χ1v) is 12.9. The highest BCUT2D eigenvalue weighted by molar-refractivity contribution is 7.14. The van der Waals surface area contributed by atoms with Gasteiger partial charge in [-0.05, 0) is 53.4 Å². The number of nitrogens with zero attached hydrogens (tertiary/aromatic N) is 2. The lowest BCUT2D eigenvalue weighted by Crippen LogP contribution is -2.30. The molecule has 5 aromatic rings. The lowest BCUT2D eigenvalue weighted by Gasteiger charge is -2.18. The third-order valence-corrected chi connectivity index (χ3v) is 7.11. The average molecular weight is 529 g/mol. The van der Waals surface area contributed by atoms with E-state index in [-0.39, 0.29) is 5.56 Å². The van der Waals surface area contributed by atoms with Crippen LogP contribution in [0, 0.1) is 0 Å². The summed E-state index contributed by atoms with van der Waals surface area (Å²) in [6.07, 6.45) is -4.45. The SMILES string of the molecule is CCN(C(=O)c1ccc(C(F)(F)F)cc1)c1nc(-c2ccc(-c3ccc(-c4ccccc4)cc3)cc2)cs1. The number of alkyl halides is 3. The van der Waals surface area contributed by atoms with Crippen LogP contribution in [-0.4, -0.2) is 17.4 Å². The highest BCUT2D eigenvalue weighted by Crippen LogP contribution is 2.32. The molecule has 1 heterocycles. The Labute approximate surface area is 222 Å². The maximum Gasteiger partial charge on any atom is 0.416 e. The number of amides is 1. The molecule has 1 amide bonds. The van der Waals surface area contributed by atoms with Crippen LogP contribution >= 0.6 is 11.3 Å². The molecule has 0 N–H and O–H groups in total. The molecule has 3 nitrogen and oxygen atoms in total. The van der Waals surface area contributed by atoms with Crippen molar-refractivity contribution in [2.75, 3.05) is 11.4 Å². The number of hydrogen-bond donors (Lipinski definition) is 0. The molecule has 0 spiro atoms. The van der Waals surface area contributed by atoms with Crippen LogP contribution in [0.15, 0.2) is 109 Å². The van der Waals surface area contributed by atoms with Gasteiger partial charge in [-0.3, -0.25) is 9.69 Å². The molecular weight excluding hydrogens is 505 g/mol. The summed E-state index contributed by atoms with van der Waals surface area (Å²) in [5.41, 5.74) is 5.55. The number of aromatic nitrogens is 1. The number of anilines is 1. The van der Waals surface area contributed by atoms with E-state index >= 15 is 0 Å². The molecule has 0 saturated carbocycles. The molecule has 0 bridgehead atoms. The number of benzene rings is 4. The fourth-order valence-corrected chi connectivity index (χ4v) is 5.06. The monoisotopic (exact) mass is 528 g/mol. The third kappa shape index (κ3) is 5.38. The van der Waals surface area contributed by atoms with Gasteiger partial charge in [0.2, 0.25) is 0 Å². The van der Waals surface area contributed by atoms with Crippen molar-refractivity contribution in [3.05, 3.63) is 120 Å². The lowest BCUT2D eigenvalue weighted by molar-refractivity contribution is -0.137. The topological polar surface area (TPSA) is 33.2 Å². The molecule has 0 unspecified atom stereocenters. The zero-order valence-corrected chi connectivity index (χ0v) is 21.3. The number of rotatable bonds is 6. The van der Waals surface area contributed by atoms with Crippen molar-refractivity contribution >= 4 is 22.4 Å². The van der Waals surface area contributed by atoms with Gasteiger partial charge in [0.25, 0.3) is 5.91 Å². The molecule has 5 rings (SSSR count). The van der Waals surface area contributed by atoms with E-state index in [0.717, 1.165) is 40.1 Å². The van der Waals surface area contributed by atoms with Crippen LogP contribution < -0.4 is 4.90 Å². The van der Waals surface area contributed by atoms with Gasteiger partial charge in [-0.25, -0.2) is 4.98 Å². The molecule has 0 aliphatic carbocycles. The zero-order chi connectivity index (χ0) is 26.7. The van der Waals surface area contributed by atoms with Crippen molar-refractivity contribution in [2.24, 2.45) is 0 Å². The fourth-order valence-electron chi connectivity index (χ4n) is 4.16. The summed E-state index contributed by atoms with van der Waals surface area (Å²) in [5.74, 6) is -0.392. The maximum absolute atomic E-state index is 13.0. The average Bonchev–Trinajstić information content (AvgIpc) is 3.43. The van der Waals surface area contributed by atoms with E-state index < -0.39 is 17.6 Å². The molecule has 38 heavy (non-hydrogen) atoms. The van der Waals surface area contributed by atoms with Crippen molar-refractivity contribution in [1.82, 2.24) is 4.98 Å². The van der Waals surface area contributed by atoms with E-state index in [1.54, 1.807) is 6.92 Å². The van der Waals surface area contributed by atoms with Crippen LogP contribution in [0.25, 0.3) is 33.5 Å². The van der Waals surface area contributed by atoms with Crippen molar-refractivity contribution < 1.29 is 18.0 Å². The molecule has 0 atom stereocenters. The highest BCUT2D eigenvalue weighted by Gasteiger charge is 2.30. The Morgan fingerprint density at radius 2 is 1.24 bits per heavy atom. The van der Waals surface area contributed by atoms with Gasteiger partial charge in [-0.1, -0.05) is 78.9 Å². The standard InChI is InChI=1S/C31H23F3N2OS/c1-2-36(29(37)26-16-18-27(19-17-26)31(32,33)34)30-35-28(20-38-30)25-14-12-24(13-15-25)23-10-8-22(9-11-23)21-6-4-3-5-7-21/h3-20H,2H2,1H3. The van der Waals surface area contributed by atoms with Gasteiger partial charge in [-0.15, -0.1) is 11.3 Å². The minimum atomic E-state index is -4.45. The second-order valence-corrected chi connectivity index (χ2v) is 9.50. The molecule has 4 aromatic carbocycles. The molecule has 190 valence electrons. The predicted octanol–water partition coefficient (Wildman–Crippen LogP) is 8.83. The predicted molar refractivity (Wildman–Crippen MR) is 147 cm³/mol. The van der Waals surface area contributed by atoms with Crippen LogP contribution in [0.5, 0.6) is 0 Å². The first-order chi connectivity index (χ1) is 18.3. The van der Waals surface area contributed by atoms with Gasteiger partial charge in [-0.2, -0.15) is 13.2 Å². The maximum atomic E-state index is 13.0. The van der Waals surface area contributed by atoms with E-state index in [1.165, 1.54) is 33.9 Å². The molecule has 0 aliphatic rings. The molecule has 1 aromatic heterocycles. The van der Waals surface area contributed by atoms with Gasteiger partial charge in [0.1, 0.15) is 0 Å². The van der Waals surface area contributed by atoms with Crippen molar-refractivity contribution in [2.45, 2.75) is 13.1 Å². The summed E-state index contributed by atoms with van der Waals surface area (Å²) < 4.78 is 38.6. The highest BCUT2D eigenvalue weighted by atomic mass is 32.1. The Bertz CT molecular complexity index is 1530. The van der Waals surface area contributed by atoms with Gasteiger partial charge in [0.15, 0.2) is 5.13 Å². The molecule has 7 heteroatoms.